The lowest BCUT2D eigenvalue weighted by atomic mass is 9.96. The third-order valence-corrected chi connectivity index (χ3v) is 7.02. The Morgan fingerprint density at radius 1 is 1.22 bits per heavy atom. The number of sulfonamides is 1. The first-order valence-electron chi connectivity index (χ1n) is 9.61. The number of piperidine rings is 1. The van der Waals surface area contributed by atoms with Gasteiger partial charge in [0.2, 0.25) is 15.9 Å². The fraction of sp³-hybridized carbons (Fsp3) is 0.579. The number of ether oxygens (including phenoxy) is 1. The van der Waals surface area contributed by atoms with Gasteiger partial charge in [-0.2, -0.15) is 9.29 Å². The molecule has 1 atom stereocenters. The molecule has 0 spiro atoms. The average molecular weight is 391 g/mol. The van der Waals surface area contributed by atoms with Crippen LogP contribution in [0.25, 0.3) is 0 Å². The van der Waals surface area contributed by atoms with Crippen LogP contribution < -0.4 is 4.74 Å². The summed E-state index contributed by atoms with van der Waals surface area (Å²) < 4.78 is 38.3. The highest BCUT2D eigenvalue weighted by Gasteiger charge is 2.32. The van der Waals surface area contributed by atoms with E-state index in [2.05, 4.69) is 10.1 Å². The molecule has 146 valence electrons. The van der Waals surface area contributed by atoms with Crippen LogP contribution in [0.15, 0.2) is 33.7 Å². The molecule has 1 saturated heterocycles. The summed E-state index contributed by atoms with van der Waals surface area (Å²) in [6, 6.07) is 6.64. The van der Waals surface area contributed by atoms with Gasteiger partial charge in [-0.25, -0.2) is 8.42 Å². The maximum atomic E-state index is 13.0. The number of hydrogen-bond acceptors (Lipinski definition) is 6. The lowest BCUT2D eigenvalue weighted by molar-refractivity contribution is 0.246. The maximum absolute atomic E-state index is 13.0. The van der Waals surface area contributed by atoms with Crippen molar-refractivity contribution in [3.8, 4) is 5.75 Å². The molecule has 8 heteroatoms. The SMILES string of the molecule is CCOc1ccc(S(=O)(=O)N2CCCC(Cc3nc(C4CC4)no3)C2)cc1. The second-order valence-corrected chi connectivity index (χ2v) is 9.24. The standard InChI is InChI=1S/C19H25N3O4S/c1-2-25-16-7-9-17(10-8-16)27(23,24)22-11-3-4-14(13-22)12-18-20-19(21-26-18)15-5-6-15/h7-10,14-15H,2-6,11-13H2,1H3. The van der Waals surface area contributed by atoms with E-state index in [1.165, 1.54) is 0 Å². The van der Waals surface area contributed by atoms with Gasteiger partial charge < -0.3 is 9.26 Å². The van der Waals surface area contributed by atoms with E-state index in [0.717, 1.165) is 31.5 Å². The van der Waals surface area contributed by atoms with E-state index in [9.17, 15) is 8.42 Å². The van der Waals surface area contributed by atoms with E-state index in [1.54, 1.807) is 28.6 Å². The van der Waals surface area contributed by atoms with Crippen molar-refractivity contribution in [1.82, 2.24) is 14.4 Å². The summed E-state index contributed by atoms with van der Waals surface area (Å²) in [5, 5.41) is 4.05. The van der Waals surface area contributed by atoms with Gasteiger partial charge in [-0.05, 0) is 62.8 Å². The van der Waals surface area contributed by atoms with Crippen molar-refractivity contribution in [2.24, 2.45) is 5.92 Å². The molecular formula is C19H25N3O4S. The second-order valence-electron chi connectivity index (χ2n) is 7.30. The minimum atomic E-state index is -3.51. The molecular weight excluding hydrogens is 366 g/mol. The predicted octanol–water partition coefficient (Wildman–Crippen LogP) is 2.99. The molecule has 1 aliphatic carbocycles. The van der Waals surface area contributed by atoms with E-state index < -0.39 is 10.0 Å². The number of nitrogens with zero attached hydrogens (tertiary/aromatic N) is 3. The summed E-state index contributed by atoms with van der Waals surface area (Å²) in [7, 11) is -3.51. The van der Waals surface area contributed by atoms with Crippen LogP contribution in [0.4, 0.5) is 0 Å². The van der Waals surface area contributed by atoms with Crippen LogP contribution in [-0.4, -0.2) is 42.6 Å². The third-order valence-electron chi connectivity index (χ3n) is 5.14. The summed E-state index contributed by atoms with van der Waals surface area (Å²) >= 11 is 0. The van der Waals surface area contributed by atoms with Crippen LogP contribution in [0, 0.1) is 5.92 Å². The zero-order chi connectivity index (χ0) is 18.9. The largest absolute Gasteiger partial charge is 0.494 e. The zero-order valence-corrected chi connectivity index (χ0v) is 16.3. The first kappa shape index (κ1) is 18.4. The lowest BCUT2D eigenvalue weighted by Gasteiger charge is -2.31. The molecule has 2 aliphatic rings. The van der Waals surface area contributed by atoms with Gasteiger partial charge in [0, 0.05) is 25.4 Å². The number of benzene rings is 1. The number of rotatable bonds is 7. The Morgan fingerprint density at radius 3 is 2.70 bits per heavy atom. The van der Waals surface area contributed by atoms with E-state index in [4.69, 9.17) is 9.26 Å². The molecule has 1 aromatic heterocycles. The molecule has 27 heavy (non-hydrogen) atoms. The van der Waals surface area contributed by atoms with Gasteiger partial charge in [0.15, 0.2) is 5.82 Å². The molecule has 0 radical (unpaired) electrons. The molecule has 7 nitrogen and oxygen atoms in total. The molecule has 2 heterocycles. The van der Waals surface area contributed by atoms with Crippen molar-refractivity contribution in [2.75, 3.05) is 19.7 Å². The minimum Gasteiger partial charge on any atom is -0.494 e. The Balaban J connectivity index is 1.42. The molecule has 4 rings (SSSR count). The molecule has 1 saturated carbocycles. The first-order chi connectivity index (χ1) is 13.1. The third kappa shape index (κ3) is 4.16. The first-order valence-corrected chi connectivity index (χ1v) is 11.1. The van der Waals surface area contributed by atoms with Crippen LogP contribution in [0.2, 0.25) is 0 Å². The Kier molecular flexibility index (Phi) is 5.19. The normalized spacial score (nSPS) is 21.3. The summed E-state index contributed by atoms with van der Waals surface area (Å²) in [6.07, 6.45) is 4.71. The number of hydrogen-bond donors (Lipinski definition) is 0. The quantitative estimate of drug-likeness (QED) is 0.721. The summed E-state index contributed by atoms with van der Waals surface area (Å²) in [5.74, 6) is 2.77. The van der Waals surface area contributed by atoms with Gasteiger partial charge in [-0.15, -0.1) is 0 Å². The van der Waals surface area contributed by atoms with E-state index in [0.29, 0.717) is 48.6 Å². The van der Waals surface area contributed by atoms with Gasteiger partial charge in [0.1, 0.15) is 5.75 Å². The minimum absolute atomic E-state index is 0.198. The van der Waals surface area contributed by atoms with E-state index >= 15 is 0 Å². The van der Waals surface area contributed by atoms with Crippen molar-refractivity contribution in [3.63, 3.8) is 0 Å². The maximum Gasteiger partial charge on any atom is 0.243 e. The van der Waals surface area contributed by atoms with Crippen molar-refractivity contribution in [3.05, 3.63) is 36.0 Å². The molecule has 0 bridgehead atoms. The van der Waals surface area contributed by atoms with Crippen molar-refractivity contribution >= 4 is 10.0 Å². The molecule has 0 N–H and O–H groups in total. The second kappa shape index (κ2) is 7.59. The van der Waals surface area contributed by atoms with Crippen LogP contribution in [0.5, 0.6) is 5.75 Å². The lowest BCUT2D eigenvalue weighted by Crippen LogP contribution is -2.40. The van der Waals surface area contributed by atoms with Gasteiger partial charge in [0.05, 0.1) is 11.5 Å². The Labute approximate surface area is 159 Å². The van der Waals surface area contributed by atoms with Gasteiger partial charge >= 0.3 is 0 Å². The fourth-order valence-corrected chi connectivity index (χ4v) is 5.10. The number of aromatic nitrogens is 2. The Morgan fingerprint density at radius 2 is 2.00 bits per heavy atom. The smallest absolute Gasteiger partial charge is 0.243 e. The highest BCUT2D eigenvalue weighted by molar-refractivity contribution is 7.89. The van der Waals surface area contributed by atoms with Crippen LogP contribution in [0.1, 0.15) is 50.2 Å². The molecule has 0 amide bonds. The van der Waals surface area contributed by atoms with Gasteiger partial charge in [-0.3, -0.25) is 0 Å². The molecule has 1 aliphatic heterocycles. The molecule has 2 aromatic rings. The van der Waals surface area contributed by atoms with Crippen molar-refractivity contribution in [1.29, 1.82) is 0 Å². The molecule has 1 unspecified atom stereocenters. The Bertz CT molecular complexity index is 875. The van der Waals surface area contributed by atoms with Crippen molar-refractivity contribution in [2.45, 2.75) is 49.8 Å². The van der Waals surface area contributed by atoms with Crippen LogP contribution in [-0.2, 0) is 16.4 Å². The van der Waals surface area contributed by atoms with Crippen LogP contribution >= 0.6 is 0 Å². The van der Waals surface area contributed by atoms with Gasteiger partial charge in [0.25, 0.3) is 0 Å². The molecule has 2 fully saturated rings. The predicted molar refractivity (Wildman–Crippen MR) is 99.1 cm³/mol. The summed E-state index contributed by atoms with van der Waals surface area (Å²) in [5.41, 5.74) is 0. The van der Waals surface area contributed by atoms with Gasteiger partial charge in [-0.1, -0.05) is 5.16 Å². The van der Waals surface area contributed by atoms with Crippen LogP contribution in [0.3, 0.4) is 0 Å². The summed E-state index contributed by atoms with van der Waals surface area (Å²) in [6.45, 7) is 3.48. The topological polar surface area (TPSA) is 85.5 Å². The highest BCUT2D eigenvalue weighted by Crippen LogP contribution is 2.38. The zero-order valence-electron chi connectivity index (χ0n) is 15.5. The van der Waals surface area contributed by atoms with E-state index in [-0.39, 0.29) is 5.92 Å². The molecule has 1 aromatic carbocycles. The van der Waals surface area contributed by atoms with E-state index in [1.807, 2.05) is 6.92 Å². The van der Waals surface area contributed by atoms with Crippen molar-refractivity contribution < 1.29 is 17.7 Å². The highest BCUT2D eigenvalue weighted by atomic mass is 32.2. The monoisotopic (exact) mass is 391 g/mol. The average Bonchev–Trinajstić information content (AvgIpc) is 3.42. The Hall–Kier alpha value is -1.93. The summed E-state index contributed by atoms with van der Waals surface area (Å²) in [4.78, 5) is 4.79. The fourth-order valence-electron chi connectivity index (χ4n) is 3.54.